The van der Waals surface area contributed by atoms with Gasteiger partial charge in [-0.15, -0.1) is 24.5 Å². The molecule has 0 fully saturated rings. The van der Waals surface area contributed by atoms with Crippen molar-refractivity contribution in [3.8, 4) is 16.2 Å². The number of nitrogens with zero attached hydrogens (tertiary/aromatic N) is 1. The van der Waals surface area contributed by atoms with Crippen molar-refractivity contribution < 1.29 is 22.7 Å². The SMILES string of the molecule is O=C(NCc1cncc(-c2cccs2)c1)c1ccc(OC(F)(F)F)cc1. The molecule has 0 aliphatic rings. The van der Waals surface area contributed by atoms with Crippen LogP contribution in [0.2, 0.25) is 0 Å². The summed E-state index contributed by atoms with van der Waals surface area (Å²) in [6.45, 7) is 0.256. The summed E-state index contributed by atoms with van der Waals surface area (Å²) >= 11 is 1.59. The molecule has 0 aliphatic heterocycles. The molecule has 2 aromatic heterocycles. The molecular weight excluding hydrogens is 365 g/mol. The highest BCUT2D eigenvalue weighted by Crippen LogP contribution is 2.25. The molecule has 1 N–H and O–H groups in total. The third kappa shape index (κ3) is 4.82. The second-order valence-corrected chi connectivity index (χ2v) is 6.26. The smallest absolute Gasteiger partial charge is 0.406 e. The predicted octanol–water partition coefficient (Wildman–Crippen LogP) is 4.64. The van der Waals surface area contributed by atoms with Crippen LogP contribution in [0.5, 0.6) is 5.75 Å². The number of carbonyl (C=O) groups is 1. The molecule has 1 aromatic carbocycles. The maximum Gasteiger partial charge on any atom is 0.573 e. The fourth-order valence-electron chi connectivity index (χ4n) is 2.25. The van der Waals surface area contributed by atoms with Crippen LogP contribution in [0.15, 0.2) is 60.2 Å². The Labute approximate surface area is 151 Å². The molecule has 0 saturated heterocycles. The Balaban J connectivity index is 1.61. The van der Waals surface area contributed by atoms with Gasteiger partial charge in [0, 0.05) is 34.9 Å². The van der Waals surface area contributed by atoms with Crippen LogP contribution in [0.3, 0.4) is 0 Å². The number of thiophene rings is 1. The van der Waals surface area contributed by atoms with Gasteiger partial charge in [-0.2, -0.15) is 0 Å². The molecule has 3 aromatic rings. The summed E-state index contributed by atoms with van der Waals surface area (Å²) in [5.74, 6) is -0.771. The largest absolute Gasteiger partial charge is 0.573 e. The standard InChI is InChI=1S/C18H13F3N2O2S/c19-18(20,21)25-15-5-3-13(4-6-15)17(24)23-10-12-8-14(11-22-9-12)16-2-1-7-26-16/h1-9,11H,10H2,(H,23,24). The van der Waals surface area contributed by atoms with E-state index in [-0.39, 0.29) is 17.9 Å². The Bertz CT molecular complexity index is 878. The second kappa shape index (κ2) is 7.57. The summed E-state index contributed by atoms with van der Waals surface area (Å²) in [5.41, 5.74) is 2.02. The van der Waals surface area contributed by atoms with Crippen molar-refractivity contribution in [1.82, 2.24) is 10.3 Å². The first kappa shape index (κ1) is 17.9. The van der Waals surface area contributed by atoms with E-state index in [0.29, 0.717) is 0 Å². The Morgan fingerprint density at radius 3 is 2.58 bits per heavy atom. The second-order valence-electron chi connectivity index (χ2n) is 5.31. The van der Waals surface area contributed by atoms with Gasteiger partial charge in [0.05, 0.1) is 0 Å². The molecule has 1 amide bonds. The summed E-state index contributed by atoms with van der Waals surface area (Å²) in [4.78, 5) is 17.4. The van der Waals surface area contributed by atoms with Crippen LogP contribution < -0.4 is 10.1 Å². The van der Waals surface area contributed by atoms with Gasteiger partial charge >= 0.3 is 6.36 Å². The molecule has 2 heterocycles. The van der Waals surface area contributed by atoms with Crippen LogP contribution in [0.4, 0.5) is 13.2 Å². The minimum Gasteiger partial charge on any atom is -0.406 e. The molecule has 134 valence electrons. The van der Waals surface area contributed by atoms with Gasteiger partial charge in [0.15, 0.2) is 0 Å². The molecule has 0 aliphatic carbocycles. The average Bonchev–Trinajstić information content (AvgIpc) is 3.14. The third-order valence-electron chi connectivity index (χ3n) is 3.40. The van der Waals surface area contributed by atoms with Gasteiger partial charge < -0.3 is 10.1 Å². The lowest BCUT2D eigenvalue weighted by Crippen LogP contribution is -2.23. The summed E-state index contributed by atoms with van der Waals surface area (Å²) in [7, 11) is 0. The topological polar surface area (TPSA) is 51.2 Å². The number of halogens is 3. The van der Waals surface area contributed by atoms with E-state index >= 15 is 0 Å². The number of ether oxygens (including phenoxy) is 1. The van der Waals surface area contributed by atoms with E-state index in [0.717, 1.165) is 28.1 Å². The van der Waals surface area contributed by atoms with Crippen LogP contribution in [0.25, 0.3) is 10.4 Å². The van der Waals surface area contributed by atoms with Crippen molar-refractivity contribution in [2.75, 3.05) is 0 Å². The maximum absolute atomic E-state index is 12.1. The number of aromatic nitrogens is 1. The molecule has 0 radical (unpaired) electrons. The normalized spacial score (nSPS) is 11.2. The molecule has 8 heteroatoms. The van der Waals surface area contributed by atoms with Gasteiger partial charge in [-0.05, 0) is 47.3 Å². The van der Waals surface area contributed by atoms with Crippen molar-refractivity contribution in [2.45, 2.75) is 12.9 Å². The lowest BCUT2D eigenvalue weighted by atomic mass is 10.1. The third-order valence-corrected chi connectivity index (χ3v) is 4.32. The van der Waals surface area contributed by atoms with Crippen molar-refractivity contribution in [2.24, 2.45) is 0 Å². The van der Waals surface area contributed by atoms with Crippen molar-refractivity contribution >= 4 is 17.2 Å². The number of hydrogen-bond acceptors (Lipinski definition) is 4. The number of hydrogen-bond donors (Lipinski definition) is 1. The van der Waals surface area contributed by atoms with Crippen molar-refractivity contribution in [3.05, 3.63) is 71.4 Å². The minimum absolute atomic E-state index is 0.238. The molecule has 0 unspecified atom stereocenters. The molecule has 26 heavy (non-hydrogen) atoms. The van der Waals surface area contributed by atoms with E-state index in [2.05, 4.69) is 15.0 Å². The molecule has 0 saturated carbocycles. The number of amides is 1. The van der Waals surface area contributed by atoms with Crippen molar-refractivity contribution in [3.63, 3.8) is 0 Å². The van der Waals surface area contributed by atoms with E-state index in [9.17, 15) is 18.0 Å². The first-order valence-corrected chi connectivity index (χ1v) is 8.40. The van der Waals surface area contributed by atoms with Gasteiger partial charge in [0.2, 0.25) is 0 Å². The van der Waals surface area contributed by atoms with E-state index in [4.69, 9.17) is 0 Å². The molecule has 0 spiro atoms. The highest BCUT2D eigenvalue weighted by atomic mass is 32.1. The number of carbonyl (C=O) groups excluding carboxylic acids is 1. The Kier molecular flexibility index (Phi) is 5.22. The average molecular weight is 378 g/mol. The van der Waals surface area contributed by atoms with Crippen LogP contribution in [-0.4, -0.2) is 17.3 Å². The van der Waals surface area contributed by atoms with Gasteiger partial charge in [0.25, 0.3) is 5.91 Å². The van der Waals surface area contributed by atoms with Crippen LogP contribution in [-0.2, 0) is 6.54 Å². The first-order valence-electron chi connectivity index (χ1n) is 7.52. The lowest BCUT2D eigenvalue weighted by molar-refractivity contribution is -0.274. The first-order chi connectivity index (χ1) is 12.4. The number of rotatable bonds is 5. The molecule has 0 atom stereocenters. The number of alkyl halides is 3. The number of nitrogens with one attached hydrogen (secondary N) is 1. The monoisotopic (exact) mass is 378 g/mol. The fourth-order valence-corrected chi connectivity index (χ4v) is 2.96. The number of benzene rings is 1. The minimum atomic E-state index is -4.76. The van der Waals surface area contributed by atoms with Gasteiger partial charge in [-0.3, -0.25) is 9.78 Å². The van der Waals surface area contributed by atoms with E-state index in [1.54, 1.807) is 23.7 Å². The highest BCUT2D eigenvalue weighted by Gasteiger charge is 2.31. The molecule has 0 bridgehead atoms. The fraction of sp³-hybridized carbons (Fsp3) is 0.111. The van der Waals surface area contributed by atoms with E-state index in [1.807, 2.05) is 23.6 Å². The molecule has 4 nitrogen and oxygen atoms in total. The predicted molar refractivity (Wildman–Crippen MR) is 91.8 cm³/mol. The quantitative estimate of drug-likeness (QED) is 0.704. The maximum atomic E-state index is 12.1. The van der Waals surface area contributed by atoms with Crippen LogP contribution in [0, 0.1) is 0 Å². The van der Waals surface area contributed by atoms with Crippen LogP contribution in [0.1, 0.15) is 15.9 Å². The highest BCUT2D eigenvalue weighted by molar-refractivity contribution is 7.13. The Morgan fingerprint density at radius 2 is 1.92 bits per heavy atom. The summed E-state index contributed by atoms with van der Waals surface area (Å²) in [5, 5.41) is 4.69. The number of pyridine rings is 1. The summed E-state index contributed by atoms with van der Waals surface area (Å²) in [6, 6.07) is 10.6. The summed E-state index contributed by atoms with van der Waals surface area (Å²) in [6.07, 6.45) is -1.36. The zero-order valence-corrected chi connectivity index (χ0v) is 14.1. The zero-order valence-electron chi connectivity index (χ0n) is 13.3. The van der Waals surface area contributed by atoms with Gasteiger partial charge in [-0.1, -0.05) is 6.07 Å². The molecule has 3 rings (SSSR count). The Morgan fingerprint density at radius 1 is 1.15 bits per heavy atom. The van der Waals surface area contributed by atoms with Crippen molar-refractivity contribution in [1.29, 1.82) is 0 Å². The molecular formula is C18H13F3N2O2S. The summed E-state index contributed by atoms with van der Waals surface area (Å²) < 4.78 is 40.2. The lowest BCUT2D eigenvalue weighted by Gasteiger charge is -2.10. The van der Waals surface area contributed by atoms with Gasteiger partial charge in [0.1, 0.15) is 5.75 Å². The van der Waals surface area contributed by atoms with Crippen LogP contribution >= 0.6 is 11.3 Å². The van der Waals surface area contributed by atoms with E-state index in [1.165, 1.54) is 12.1 Å². The van der Waals surface area contributed by atoms with E-state index < -0.39 is 12.3 Å². The van der Waals surface area contributed by atoms with Gasteiger partial charge in [-0.25, -0.2) is 0 Å². The Hall–Kier alpha value is -2.87. The zero-order chi connectivity index (χ0) is 18.6.